The minimum absolute atomic E-state index is 0.0856. The molecule has 2 fully saturated rings. The van der Waals surface area contributed by atoms with Crippen molar-refractivity contribution in [1.29, 1.82) is 0 Å². The summed E-state index contributed by atoms with van der Waals surface area (Å²) in [6, 6.07) is 0.344. The number of aliphatic hydroxyl groups is 1. The molecule has 4 nitrogen and oxygen atoms in total. The molecule has 2 unspecified atom stereocenters. The van der Waals surface area contributed by atoms with E-state index >= 15 is 0 Å². The first-order valence-electron chi connectivity index (χ1n) is 5.39. The number of hydrogen-bond acceptors (Lipinski definition) is 3. The quantitative estimate of drug-likeness (QED) is 0.702. The highest BCUT2D eigenvalue weighted by atomic mass is 16.6. The van der Waals surface area contributed by atoms with Crippen LogP contribution in [0.15, 0.2) is 0 Å². The Morgan fingerprint density at radius 3 is 2.71 bits per heavy atom. The zero-order valence-electron chi connectivity index (χ0n) is 8.24. The van der Waals surface area contributed by atoms with Gasteiger partial charge in [-0.1, -0.05) is 0 Å². The third-order valence-corrected chi connectivity index (χ3v) is 2.77. The van der Waals surface area contributed by atoms with Crippen molar-refractivity contribution in [3.05, 3.63) is 0 Å². The fraction of sp³-hybridized carbons (Fsp3) is 0.900. The lowest BCUT2D eigenvalue weighted by molar-refractivity contribution is 0.0229. The molecule has 1 amide bonds. The van der Waals surface area contributed by atoms with Crippen LogP contribution in [0, 0.1) is 0 Å². The van der Waals surface area contributed by atoms with Gasteiger partial charge in [0, 0.05) is 12.5 Å². The Bertz CT molecular complexity index is 215. The number of hydrogen-bond donors (Lipinski definition) is 2. The van der Waals surface area contributed by atoms with Crippen molar-refractivity contribution < 1.29 is 14.6 Å². The number of carbonyl (C=O) groups is 1. The van der Waals surface area contributed by atoms with Crippen molar-refractivity contribution in [2.24, 2.45) is 0 Å². The van der Waals surface area contributed by atoms with Crippen LogP contribution in [0.5, 0.6) is 0 Å². The molecule has 2 atom stereocenters. The highest BCUT2D eigenvalue weighted by Gasteiger charge is 2.27. The van der Waals surface area contributed by atoms with E-state index in [0.717, 1.165) is 32.1 Å². The summed E-state index contributed by atoms with van der Waals surface area (Å²) in [6.45, 7) is 0. The van der Waals surface area contributed by atoms with Gasteiger partial charge in [0.15, 0.2) is 0 Å². The van der Waals surface area contributed by atoms with Crippen LogP contribution in [-0.2, 0) is 4.74 Å². The van der Waals surface area contributed by atoms with E-state index in [1.54, 1.807) is 0 Å². The second-order valence-electron chi connectivity index (χ2n) is 4.27. The van der Waals surface area contributed by atoms with Crippen LogP contribution in [0.2, 0.25) is 0 Å². The van der Waals surface area contributed by atoms with Gasteiger partial charge in [-0.25, -0.2) is 4.79 Å². The van der Waals surface area contributed by atoms with Gasteiger partial charge in [0.25, 0.3) is 0 Å². The topological polar surface area (TPSA) is 58.6 Å². The average molecular weight is 199 g/mol. The van der Waals surface area contributed by atoms with E-state index in [9.17, 15) is 9.90 Å². The maximum Gasteiger partial charge on any atom is 0.407 e. The summed E-state index contributed by atoms with van der Waals surface area (Å²) in [4.78, 5) is 11.3. The summed E-state index contributed by atoms with van der Waals surface area (Å²) >= 11 is 0. The molecule has 0 aromatic carbocycles. The molecule has 2 rings (SSSR count). The summed E-state index contributed by atoms with van der Waals surface area (Å²) in [5.41, 5.74) is 0. The van der Waals surface area contributed by atoms with Crippen molar-refractivity contribution in [3.63, 3.8) is 0 Å². The Hall–Kier alpha value is -0.770. The van der Waals surface area contributed by atoms with Crippen LogP contribution in [0.25, 0.3) is 0 Å². The van der Waals surface area contributed by atoms with Crippen LogP contribution in [0.4, 0.5) is 4.79 Å². The van der Waals surface area contributed by atoms with E-state index in [4.69, 9.17) is 4.74 Å². The molecule has 14 heavy (non-hydrogen) atoms. The van der Waals surface area contributed by atoms with E-state index in [-0.39, 0.29) is 18.3 Å². The molecule has 2 N–H and O–H groups in total. The Morgan fingerprint density at radius 1 is 1.29 bits per heavy atom. The number of rotatable bonds is 2. The van der Waals surface area contributed by atoms with Gasteiger partial charge in [-0.3, -0.25) is 0 Å². The Balaban J connectivity index is 1.69. The number of amides is 1. The van der Waals surface area contributed by atoms with Gasteiger partial charge in [-0.2, -0.15) is 0 Å². The number of carbonyl (C=O) groups excluding carboxylic acids is 1. The molecular formula is C10H17NO3. The SMILES string of the molecule is O=C(NC1CC1)OC1CCCC(O)C1. The van der Waals surface area contributed by atoms with E-state index in [1.165, 1.54) is 0 Å². The molecule has 2 aliphatic carbocycles. The molecule has 0 saturated heterocycles. The Kier molecular flexibility index (Phi) is 2.91. The molecule has 0 aliphatic heterocycles. The smallest absolute Gasteiger partial charge is 0.407 e. The molecule has 0 spiro atoms. The molecule has 2 saturated carbocycles. The molecule has 4 heteroatoms. The fourth-order valence-corrected chi connectivity index (χ4v) is 1.81. The third-order valence-electron chi connectivity index (χ3n) is 2.77. The van der Waals surface area contributed by atoms with E-state index in [0.29, 0.717) is 12.5 Å². The van der Waals surface area contributed by atoms with Crippen LogP contribution >= 0.6 is 0 Å². The summed E-state index contributed by atoms with van der Waals surface area (Å²) in [5.74, 6) is 0. The highest BCUT2D eigenvalue weighted by molar-refractivity contribution is 5.68. The fourth-order valence-electron chi connectivity index (χ4n) is 1.81. The van der Waals surface area contributed by atoms with E-state index in [1.807, 2.05) is 0 Å². The van der Waals surface area contributed by atoms with Gasteiger partial charge in [0.1, 0.15) is 6.10 Å². The van der Waals surface area contributed by atoms with Crippen molar-refractivity contribution in [2.75, 3.05) is 0 Å². The second kappa shape index (κ2) is 4.17. The van der Waals surface area contributed by atoms with Crippen LogP contribution in [0.3, 0.4) is 0 Å². The van der Waals surface area contributed by atoms with Gasteiger partial charge >= 0.3 is 6.09 Å². The number of nitrogens with one attached hydrogen (secondary N) is 1. The Morgan fingerprint density at radius 2 is 2.07 bits per heavy atom. The van der Waals surface area contributed by atoms with Gasteiger partial charge in [0.2, 0.25) is 0 Å². The van der Waals surface area contributed by atoms with Crippen LogP contribution < -0.4 is 5.32 Å². The van der Waals surface area contributed by atoms with E-state index < -0.39 is 0 Å². The van der Waals surface area contributed by atoms with Crippen molar-refractivity contribution in [1.82, 2.24) is 5.32 Å². The van der Waals surface area contributed by atoms with Gasteiger partial charge < -0.3 is 15.2 Å². The molecule has 0 bridgehead atoms. The predicted octanol–water partition coefficient (Wildman–Crippen LogP) is 1.18. The Labute approximate surface area is 83.6 Å². The molecule has 2 aliphatic rings. The first-order chi connectivity index (χ1) is 6.74. The molecule has 0 aromatic heterocycles. The zero-order valence-corrected chi connectivity index (χ0v) is 8.24. The lowest BCUT2D eigenvalue weighted by Gasteiger charge is -2.25. The van der Waals surface area contributed by atoms with Crippen molar-refractivity contribution >= 4 is 6.09 Å². The minimum atomic E-state index is -0.313. The van der Waals surface area contributed by atoms with Gasteiger partial charge in [0.05, 0.1) is 6.10 Å². The molecule has 0 heterocycles. The second-order valence-corrected chi connectivity index (χ2v) is 4.27. The number of aliphatic hydroxyl groups excluding tert-OH is 1. The average Bonchev–Trinajstić information content (AvgIpc) is 2.87. The third kappa shape index (κ3) is 2.87. The summed E-state index contributed by atoms with van der Waals surface area (Å²) in [6.07, 6.45) is 4.72. The number of ether oxygens (including phenoxy) is 1. The highest BCUT2D eigenvalue weighted by Crippen LogP contribution is 2.22. The standard InChI is InChI=1S/C10H17NO3/c12-8-2-1-3-9(6-8)14-10(13)11-7-4-5-7/h7-9,12H,1-6H2,(H,11,13). The summed E-state index contributed by atoms with van der Waals surface area (Å²) < 4.78 is 5.20. The first-order valence-corrected chi connectivity index (χ1v) is 5.39. The van der Waals surface area contributed by atoms with Gasteiger partial charge in [-0.15, -0.1) is 0 Å². The zero-order chi connectivity index (χ0) is 9.97. The normalized spacial score (nSPS) is 32.4. The first kappa shape index (κ1) is 9.77. The number of alkyl carbamates (subject to hydrolysis) is 1. The van der Waals surface area contributed by atoms with E-state index in [2.05, 4.69) is 5.32 Å². The van der Waals surface area contributed by atoms with Crippen molar-refractivity contribution in [3.8, 4) is 0 Å². The van der Waals surface area contributed by atoms with Crippen molar-refractivity contribution in [2.45, 2.75) is 56.8 Å². The summed E-state index contributed by atoms with van der Waals surface area (Å²) in [7, 11) is 0. The lowest BCUT2D eigenvalue weighted by atomic mass is 9.95. The predicted molar refractivity (Wildman–Crippen MR) is 50.9 cm³/mol. The molecule has 0 radical (unpaired) electrons. The lowest BCUT2D eigenvalue weighted by Crippen LogP contribution is -2.34. The summed E-state index contributed by atoms with van der Waals surface area (Å²) in [5, 5.41) is 12.1. The van der Waals surface area contributed by atoms with Crippen LogP contribution in [-0.4, -0.2) is 29.4 Å². The monoisotopic (exact) mass is 199 g/mol. The maximum atomic E-state index is 11.3. The van der Waals surface area contributed by atoms with Gasteiger partial charge in [-0.05, 0) is 32.1 Å². The largest absolute Gasteiger partial charge is 0.446 e. The minimum Gasteiger partial charge on any atom is -0.446 e. The maximum absolute atomic E-state index is 11.3. The molecular weight excluding hydrogens is 182 g/mol. The molecule has 0 aromatic rings. The van der Waals surface area contributed by atoms with Crippen LogP contribution in [0.1, 0.15) is 38.5 Å². The molecule has 80 valence electrons.